The van der Waals surface area contributed by atoms with Gasteiger partial charge >= 0.3 is 0 Å². The molecule has 1 aromatic heterocycles. The zero-order chi connectivity index (χ0) is 15.2. The Morgan fingerprint density at radius 1 is 1.00 bits per heavy atom. The van der Waals surface area contributed by atoms with Crippen LogP contribution in [-0.4, -0.2) is 11.2 Å². The number of rotatable bonds is 2. The van der Waals surface area contributed by atoms with Gasteiger partial charge in [0.25, 0.3) is 0 Å². The highest BCUT2D eigenvalue weighted by Crippen LogP contribution is 2.39. The van der Waals surface area contributed by atoms with Crippen LogP contribution in [0.3, 0.4) is 0 Å². The third-order valence-electron chi connectivity index (χ3n) is 4.64. The van der Waals surface area contributed by atoms with E-state index in [0.29, 0.717) is 0 Å². The van der Waals surface area contributed by atoms with Gasteiger partial charge in [-0.1, -0.05) is 48.5 Å². The molecule has 22 heavy (non-hydrogen) atoms. The number of hydrogen-bond acceptors (Lipinski definition) is 1. The van der Waals surface area contributed by atoms with Gasteiger partial charge in [0.2, 0.25) is 0 Å². The molecule has 2 heteroatoms. The van der Waals surface area contributed by atoms with Crippen LogP contribution in [0.4, 0.5) is 0 Å². The molecule has 0 fully saturated rings. The maximum absolute atomic E-state index is 6.08. The second kappa shape index (κ2) is 4.99. The quantitative estimate of drug-likeness (QED) is 0.678. The molecule has 0 atom stereocenters. The summed E-state index contributed by atoms with van der Waals surface area (Å²) in [6, 6.07) is 19.4. The van der Waals surface area contributed by atoms with Gasteiger partial charge in [-0.3, -0.25) is 0 Å². The lowest BCUT2D eigenvalue weighted by Crippen LogP contribution is -2.31. The highest BCUT2D eigenvalue weighted by molar-refractivity contribution is 5.86. The lowest BCUT2D eigenvalue weighted by molar-refractivity contribution is -0.0366. The fourth-order valence-electron chi connectivity index (χ4n) is 3.72. The zero-order valence-electron chi connectivity index (χ0n) is 13.2. The molecule has 0 amide bonds. The third-order valence-corrected chi connectivity index (χ3v) is 4.64. The van der Waals surface area contributed by atoms with Crippen molar-refractivity contribution in [1.29, 1.82) is 0 Å². The van der Waals surface area contributed by atoms with E-state index >= 15 is 0 Å². The van der Waals surface area contributed by atoms with Crippen LogP contribution in [0.15, 0.2) is 54.6 Å². The largest absolute Gasteiger partial charge is 0.369 e. The van der Waals surface area contributed by atoms with Crippen LogP contribution in [0.2, 0.25) is 0 Å². The molecule has 0 unspecified atom stereocenters. The molecule has 0 bridgehead atoms. The number of hydrogen-bond donors (Lipinski definition) is 0. The van der Waals surface area contributed by atoms with Crippen molar-refractivity contribution in [3.63, 3.8) is 0 Å². The van der Waals surface area contributed by atoms with Gasteiger partial charge in [0.15, 0.2) is 0 Å². The minimum Gasteiger partial charge on any atom is -0.369 e. The fraction of sp³-hybridized carbons (Fsp3) is 0.300. The van der Waals surface area contributed by atoms with E-state index in [4.69, 9.17) is 4.74 Å². The molecule has 3 aromatic rings. The van der Waals surface area contributed by atoms with Crippen molar-refractivity contribution in [1.82, 2.24) is 4.57 Å². The van der Waals surface area contributed by atoms with Gasteiger partial charge in [-0.2, -0.15) is 0 Å². The number of fused-ring (bicyclic) bond motifs is 3. The summed E-state index contributed by atoms with van der Waals surface area (Å²) in [5.41, 5.74) is 5.20. The zero-order valence-corrected chi connectivity index (χ0v) is 13.2. The maximum atomic E-state index is 6.08. The standard InChI is InChI=1S/C20H21NO/c1-20(2)19-17(12-13-22-20)16-10-6-7-11-18(16)21(19)14-15-8-4-3-5-9-15/h3-11H,12-14H2,1-2H3. The summed E-state index contributed by atoms with van der Waals surface area (Å²) in [7, 11) is 0. The van der Waals surface area contributed by atoms with Gasteiger partial charge in [-0.25, -0.2) is 0 Å². The van der Waals surface area contributed by atoms with Crippen molar-refractivity contribution in [3.05, 3.63) is 71.4 Å². The van der Waals surface area contributed by atoms with Crippen LogP contribution >= 0.6 is 0 Å². The summed E-state index contributed by atoms with van der Waals surface area (Å²) in [6.07, 6.45) is 1.00. The highest BCUT2D eigenvalue weighted by atomic mass is 16.5. The molecular formula is C20H21NO. The normalized spacial score (nSPS) is 16.6. The predicted octanol–water partition coefficient (Wildman–Crippen LogP) is 4.50. The predicted molar refractivity (Wildman–Crippen MR) is 90.2 cm³/mol. The minimum absolute atomic E-state index is 0.235. The van der Waals surface area contributed by atoms with Gasteiger partial charge in [0, 0.05) is 17.4 Å². The number of ether oxygens (including phenoxy) is 1. The van der Waals surface area contributed by atoms with E-state index in [-0.39, 0.29) is 5.60 Å². The molecule has 0 N–H and O–H groups in total. The lowest BCUT2D eigenvalue weighted by atomic mass is 9.94. The first-order chi connectivity index (χ1) is 10.7. The molecular weight excluding hydrogens is 270 g/mol. The van der Waals surface area contributed by atoms with Crippen LogP contribution in [0.1, 0.15) is 30.7 Å². The Kier molecular flexibility index (Phi) is 3.08. The molecule has 2 heterocycles. The van der Waals surface area contributed by atoms with Gasteiger partial charge in [-0.15, -0.1) is 0 Å². The molecule has 112 valence electrons. The molecule has 0 aliphatic carbocycles. The molecule has 2 nitrogen and oxygen atoms in total. The van der Waals surface area contributed by atoms with E-state index in [0.717, 1.165) is 19.6 Å². The smallest absolute Gasteiger partial charge is 0.103 e. The van der Waals surface area contributed by atoms with E-state index in [2.05, 4.69) is 73.0 Å². The summed E-state index contributed by atoms with van der Waals surface area (Å²) in [4.78, 5) is 0. The van der Waals surface area contributed by atoms with Crippen LogP contribution in [-0.2, 0) is 23.3 Å². The Balaban J connectivity index is 1.97. The van der Waals surface area contributed by atoms with Crippen LogP contribution in [0.25, 0.3) is 10.9 Å². The third kappa shape index (κ3) is 2.06. The Morgan fingerprint density at radius 3 is 2.55 bits per heavy atom. The minimum atomic E-state index is -0.235. The van der Waals surface area contributed by atoms with Gasteiger partial charge in [0.05, 0.1) is 12.3 Å². The number of nitrogens with zero attached hydrogens (tertiary/aromatic N) is 1. The second-order valence-corrected chi connectivity index (χ2v) is 6.52. The molecule has 0 spiro atoms. The Morgan fingerprint density at radius 2 is 1.73 bits per heavy atom. The van der Waals surface area contributed by atoms with E-state index in [1.807, 2.05) is 0 Å². The molecule has 0 saturated carbocycles. The van der Waals surface area contributed by atoms with Crippen molar-refractivity contribution in [2.75, 3.05) is 6.61 Å². The number of para-hydroxylation sites is 1. The summed E-state index contributed by atoms with van der Waals surface area (Å²) in [5.74, 6) is 0. The van der Waals surface area contributed by atoms with Crippen LogP contribution in [0, 0.1) is 0 Å². The molecule has 0 radical (unpaired) electrons. The molecule has 0 saturated heterocycles. The van der Waals surface area contributed by atoms with Crippen molar-refractivity contribution < 1.29 is 4.74 Å². The van der Waals surface area contributed by atoms with E-state index < -0.39 is 0 Å². The average molecular weight is 291 g/mol. The fourth-order valence-corrected chi connectivity index (χ4v) is 3.72. The van der Waals surface area contributed by atoms with E-state index in [9.17, 15) is 0 Å². The molecule has 4 rings (SSSR count). The molecule has 1 aliphatic heterocycles. The van der Waals surface area contributed by atoms with Crippen molar-refractivity contribution >= 4 is 10.9 Å². The Labute approximate surface area is 131 Å². The summed E-state index contributed by atoms with van der Waals surface area (Å²) in [5, 5.41) is 1.38. The summed E-state index contributed by atoms with van der Waals surface area (Å²) < 4.78 is 8.52. The van der Waals surface area contributed by atoms with Gasteiger partial charge in [-0.05, 0) is 37.5 Å². The first-order valence-electron chi connectivity index (χ1n) is 7.95. The second-order valence-electron chi connectivity index (χ2n) is 6.52. The lowest BCUT2D eigenvalue weighted by Gasteiger charge is -2.32. The van der Waals surface area contributed by atoms with E-state index in [1.54, 1.807) is 0 Å². The maximum Gasteiger partial charge on any atom is 0.103 e. The van der Waals surface area contributed by atoms with Gasteiger partial charge in [0.1, 0.15) is 5.60 Å². The summed E-state index contributed by atoms with van der Waals surface area (Å²) in [6.45, 7) is 6.07. The molecule has 1 aliphatic rings. The van der Waals surface area contributed by atoms with Crippen LogP contribution < -0.4 is 0 Å². The van der Waals surface area contributed by atoms with Crippen molar-refractivity contribution in [2.24, 2.45) is 0 Å². The monoisotopic (exact) mass is 291 g/mol. The number of aromatic nitrogens is 1. The topological polar surface area (TPSA) is 14.2 Å². The first-order valence-corrected chi connectivity index (χ1v) is 7.95. The average Bonchev–Trinajstić information content (AvgIpc) is 2.84. The highest BCUT2D eigenvalue weighted by Gasteiger charge is 2.34. The SMILES string of the molecule is CC1(C)OCCc2c1n(Cc1ccccc1)c1ccccc21. The summed E-state index contributed by atoms with van der Waals surface area (Å²) >= 11 is 0. The van der Waals surface area contributed by atoms with Crippen molar-refractivity contribution in [3.8, 4) is 0 Å². The number of benzene rings is 2. The molecule has 2 aromatic carbocycles. The van der Waals surface area contributed by atoms with E-state index in [1.165, 1.54) is 27.7 Å². The Bertz CT molecular complexity index is 814. The van der Waals surface area contributed by atoms with Crippen molar-refractivity contribution in [2.45, 2.75) is 32.4 Å². The Hall–Kier alpha value is -2.06. The van der Waals surface area contributed by atoms with Gasteiger partial charge < -0.3 is 9.30 Å². The first kappa shape index (κ1) is 13.6. The van der Waals surface area contributed by atoms with Crippen LogP contribution in [0.5, 0.6) is 0 Å².